The number of halogens is 4. The molecule has 166 valence electrons. The second-order valence-corrected chi connectivity index (χ2v) is 9.59. The van der Waals surface area contributed by atoms with Crippen LogP contribution in [0.25, 0.3) is 0 Å². The number of rotatable bonds is 7. The molecule has 0 unspecified atom stereocenters. The molecule has 0 aliphatic heterocycles. The first-order valence-electron chi connectivity index (χ1n) is 9.94. The van der Waals surface area contributed by atoms with Gasteiger partial charge in [-0.2, -0.15) is 22.5 Å². The van der Waals surface area contributed by atoms with Gasteiger partial charge >= 0.3 is 6.18 Å². The Bertz CT molecular complexity index is 838. The highest BCUT2D eigenvalue weighted by Crippen LogP contribution is 2.38. The minimum absolute atomic E-state index is 0.120. The second-order valence-electron chi connectivity index (χ2n) is 7.92. The predicted octanol–water partition coefficient (Wildman–Crippen LogP) is 6.48. The van der Waals surface area contributed by atoms with Crippen LogP contribution in [0.1, 0.15) is 45.4 Å². The van der Waals surface area contributed by atoms with Crippen LogP contribution in [0.5, 0.6) is 0 Å². The Kier molecular flexibility index (Phi) is 7.62. The molecule has 0 spiro atoms. The van der Waals surface area contributed by atoms with Crippen LogP contribution in [0, 0.1) is 5.92 Å². The average molecular weight is 507 g/mol. The molecule has 0 amide bonds. The van der Waals surface area contributed by atoms with Gasteiger partial charge in [0, 0.05) is 35.7 Å². The number of ether oxygens (including phenoxy) is 1. The molecule has 1 fully saturated rings. The lowest BCUT2D eigenvalue weighted by Crippen LogP contribution is -2.41. The van der Waals surface area contributed by atoms with Gasteiger partial charge in [-0.1, -0.05) is 29.8 Å². The summed E-state index contributed by atoms with van der Waals surface area (Å²) in [6, 6.07) is 6.18. The van der Waals surface area contributed by atoms with Gasteiger partial charge in [-0.3, -0.25) is 0 Å². The van der Waals surface area contributed by atoms with Crippen molar-refractivity contribution >= 4 is 44.0 Å². The molecule has 1 saturated carbocycles. The molecule has 10 heteroatoms. The van der Waals surface area contributed by atoms with Gasteiger partial charge in [0.25, 0.3) is 0 Å². The fourth-order valence-electron chi connectivity index (χ4n) is 3.79. The fraction of sp³-hybridized carbons (Fsp3) is 0.600. The molecule has 1 aromatic heterocycles. The highest BCUT2D eigenvalue weighted by molar-refractivity contribution is 9.10. The molecule has 1 aliphatic carbocycles. The molecule has 5 nitrogen and oxygen atoms in total. The molecular formula is C20H26BrF3N4OS. The van der Waals surface area contributed by atoms with Gasteiger partial charge in [0.2, 0.25) is 11.0 Å². The monoisotopic (exact) mass is 506 g/mol. The van der Waals surface area contributed by atoms with Crippen LogP contribution in [0.3, 0.4) is 0 Å². The number of hydrogen-bond acceptors (Lipinski definition) is 6. The molecule has 0 radical (unpaired) electrons. The van der Waals surface area contributed by atoms with E-state index in [0.29, 0.717) is 35.3 Å². The van der Waals surface area contributed by atoms with E-state index in [4.69, 9.17) is 4.74 Å². The summed E-state index contributed by atoms with van der Waals surface area (Å²) in [5.74, 6) is -0.691. The molecule has 2 aromatic rings. The van der Waals surface area contributed by atoms with Gasteiger partial charge in [0.1, 0.15) is 0 Å². The van der Waals surface area contributed by atoms with Crippen molar-refractivity contribution in [2.24, 2.45) is 5.92 Å². The Labute approximate surface area is 187 Å². The summed E-state index contributed by atoms with van der Waals surface area (Å²) >= 11 is 4.18. The van der Waals surface area contributed by atoms with Crippen molar-refractivity contribution in [2.75, 3.05) is 23.9 Å². The van der Waals surface area contributed by atoms with Crippen molar-refractivity contribution in [2.45, 2.75) is 57.9 Å². The summed E-state index contributed by atoms with van der Waals surface area (Å²) in [5, 5.41) is 3.19. The Morgan fingerprint density at radius 3 is 2.53 bits per heavy atom. The zero-order valence-corrected chi connectivity index (χ0v) is 19.6. The summed E-state index contributed by atoms with van der Waals surface area (Å²) < 4.78 is 48.4. The quantitative estimate of drug-likeness (QED) is 0.465. The van der Waals surface area contributed by atoms with Crippen molar-refractivity contribution in [3.8, 4) is 0 Å². The smallest absolute Gasteiger partial charge is 0.381 e. The van der Waals surface area contributed by atoms with Crippen molar-refractivity contribution in [3.05, 3.63) is 28.5 Å². The first-order valence-corrected chi connectivity index (χ1v) is 11.5. The van der Waals surface area contributed by atoms with Gasteiger partial charge in [0.05, 0.1) is 17.5 Å². The highest BCUT2D eigenvalue weighted by Gasteiger charge is 2.36. The number of benzene rings is 1. The van der Waals surface area contributed by atoms with E-state index in [1.54, 1.807) is 7.11 Å². The molecule has 1 aliphatic rings. The lowest BCUT2D eigenvalue weighted by Gasteiger charge is -2.40. The molecule has 3 rings (SSSR count). The molecule has 1 heterocycles. The SMILES string of the molecule is COC1CCC(N(CC(C)C)c2ccc(Br)cc2Nc2nc(C(F)(F)F)ns2)CC1. The second kappa shape index (κ2) is 9.82. The zero-order chi connectivity index (χ0) is 21.9. The highest BCUT2D eigenvalue weighted by atomic mass is 79.9. The van der Waals surface area contributed by atoms with Crippen LogP contribution < -0.4 is 10.2 Å². The van der Waals surface area contributed by atoms with E-state index in [1.807, 2.05) is 18.2 Å². The van der Waals surface area contributed by atoms with Gasteiger partial charge in [-0.05, 0) is 49.8 Å². The molecule has 0 atom stereocenters. The number of nitrogens with one attached hydrogen (secondary N) is 1. The fourth-order valence-corrected chi connectivity index (χ4v) is 4.75. The third-order valence-electron chi connectivity index (χ3n) is 5.17. The number of anilines is 3. The van der Waals surface area contributed by atoms with Gasteiger partial charge in [0.15, 0.2) is 0 Å². The maximum atomic E-state index is 12.9. The van der Waals surface area contributed by atoms with Crippen LogP contribution in [0.2, 0.25) is 0 Å². The number of alkyl halides is 3. The summed E-state index contributed by atoms with van der Waals surface area (Å²) in [6.07, 6.45) is -0.233. The van der Waals surface area contributed by atoms with Crippen LogP contribution in [-0.4, -0.2) is 35.2 Å². The number of methoxy groups -OCH3 is 1. The van der Waals surface area contributed by atoms with Crippen LogP contribution in [0.15, 0.2) is 22.7 Å². The number of aromatic nitrogens is 2. The Hall–Kier alpha value is -1.39. The largest absolute Gasteiger partial charge is 0.452 e. The Morgan fingerprint density at radius 1 is 1.27 bits per heavy atom. The number of hydrogen-bond donors (Lipinski definition) is 1. The maximum absolute atomic E-state index is 12.9. The molecule has 30 heavy (non-hydrogen) atoms. The normalized spacial score (nSPS) is 19.9. The van der Waals surface area contributed by atoms with E-state index < -0.39 is 12.0 Å². The van der Waals surface area contributed by atoms with E-state index in [-0.39, 0.29) is 5.13 Å². The first kappa shape index (κ1) is 23.3. The van der Waals surface area contributed by atoms with Gasteiger partial charge in [-0.15, -0.1) is 0 Å². The van der Waals surface area contributed by atoms with Crippen LogP contribution >= 0.6 is 27.5 Å². The maximum Gasteiger partial charge on any atom is 0.452 e. The number of nitrogens with zero attached hydrogens (tertiary/aromatic N) is 3. The summed E-state index contributed by atoms with van der Waals surface area (Å²) in [4.78, 5) is 5.99. The van der Waals surface area contributed by atoms with E-state index in [9.17, 15) is 13.2 Å². The van der Waals surface area contributed by atoms with E-state index in [2.05, 4.69) is 49.4 Å². The van der Waals surface area contributed by atoms with Crippen molar-refractivity contribution < 1.29 is 17.9 Å². The summed E-state index contributed by atoms with van der Waals surface area (Å²) in [6.45, 7) is 5.18. The standard InChI is InChI=1S/C20H26BrF3N4OS/c1-12(2)11-28(14-5-7-15(29-3)8-6-14)17-9-4-13(21)10-16(17)25-19-26-18(27-30-19)20(22,23)24/h4,9-10,12,14-15H,5-8,11H2,1-3H3,(H,25,26,27). The van der Waals surface area contributed by atoms with Crippen molar-refractivity contribution in [3.63, 3.8) is 0 Å². The summed E-state index contributed by atoms with van der Waals surface area (Å²) in [5.41, 5.74) is 1.67. The van der Waals surface area contributed by atoms with Gasteiger partial charge < -0.3 is 15.0 Å². The average Bonchev–Trinajstić information content (AvgIpc) is 3.16. The van der Waals surface area contributed by atoms with Crippen molar-refractivity contribution in [1.82, 2.24) is 9.36 Å². The summed E-state index contributed by atoms with van der Waals surface area (Å²) in [7, 11) is 1.75. The Balaban J connectivity index is 1.89. The van der Waals surface area contributed by atoms with Crippen molar-refractivity contribution in [1.29, 1.82) is 0 Å². The molecular weight excluding hydrogens is 481 g/mol. The minimum atomic E-state index is -4.56. The Morgan fingerprint density at radius 2 is 1.97 bits per heavy atom. The zero-order valence-electron chi connectivity index (χ0n) is 17.2. The van der Waals surface area contributed by atoms with E-state index >= 15 is 0 Å². The van der Waals surface area contributed by atoms with Crippen LogP contribution in [0.4, 0.5) is 29.7 Å². The van der Waals surface area contributed by atoms with E-state index in [0.717, 1.165) is 42.4 Å². The van der Waals surface area contributed by atoms with E-state index in [1.165, 1.54) is 0 Å². The molecule has 1 N–H and O–H groups in total. The third-order valence-corrected chi connectivity index (χ3v) is 6.29. The topological polar surface area (TPSA) is 50.3 Å². The predicted molar refractivity (Wildman–Crippen MR) is 118 cm³/mol. The lowest BCUT2D eigenvalue weighted by molar-refractivity contribution is -0.144. The minimum Gasteiger partial charge on any atom is -0.381 e. The van der Waals surface area contributed by atoms with Crippen LogP contribution in [-0.2, 0) is 10.9 Å². The first-order chi connectivity index (χ1) is 14.2. The molecule has 1 aromatic carbocycles. The lowest BCUT2D eigenvalue weighted by atomic mass is 9.90. The third kappa shape index (κ3) is 5.85. The molecule has 0 saturated heterocycles. The van der Waals surface area contributed by atoms with Gasteiger partial charge in [-0.25, -0.2) is 0 Å². The molecule has 0 bridgehead atoms.